The Morgan fingerprint density at radius 3 is 1.56 bits per heavy atom. The molecule has 0 saturated heterocycles. The molecule has 45 heavy (non-hydrogen) atoms. The lowest BCUT2D eigenvalue weighted by Crippen LogP contribution is -2.28. The first-order chi connectivity index (χ1) is 22.0. The van der Waals surface area contributed by atoms with Gasteiger partial charge in [0, 0.05) is 12.8 Å². The van der Waals surface area contributed by atoms with E-state index in [4.69, 9.17) is 9.84 Å². The molecule has 0 aromatic heterocycles. The van der Waals surface area contributed by atoms with E-state index in [1.807, 2.05) is 0 Å². The van der Waals surface area contributed by atoms with Gasteiger partial charge in [-0.1, -0.05) is 125 Å². The van der Waals surface area contributed by atoms with E-state index in [0.717, 1.165) is 83.5 Å². The van der Waals surface area contributed by atoms with Crippen LogP contribution in [-0.4, -0.2) is 35.6 Å². The van der Waals surface area contributed by atoms with Gasteiger partial charge in [-0.25, -0.2) is 0 Å². The average Bonchev–Trinajstić information content (AvgIpc) is 3.02. The molecular weight excluding hydrogens is 562 g/mol. The summed E-state index contributed by atoms with van der Waals surface area (Å²) in [6, 6.07) is 0. The lowest BCUT2D eigenvalue weighted by atomic mass is 10.0. The largest absolute Gasteiger partial charge is 0.480 e. The number of allylic oxidation sites excluding steroid dienone is 12. The van der Waals surface area contributed by atoms with E-state index in [1.165, 1.54) is 25.7 Å². The van der Waals surface area contributed by atoms with Crippen molar-refractivity contribution in [1.29, 1.82) is 0 Å². The van der Waals surface area contributed by atoms with Gasteiger partial charge in [0.15, 0.2) is 0 Å². The Hall–Kier alpha value is -3.15. The molecule has 0 aromatic rings. The fourth-order valence-corrected chi connectivity index (χ4v) is 4.60. The van der Waals surface area contributed by atoms with Crippen molar-refractivity contribution in [2.45, 2.75) is 148 Å². The van der Waals surface area contributed by atoms with Crippen molar-refractivity contribution in [1.82, 2.24) is 5.32 Å². The molecule has 0 aliphatic rings. The van der Waals surface area contributed by atoms with E-state index in [0.29, 0.717) is 19.3 Å². The molecule has 6 heteroatoms. The van der Waals surface area contributed by atoms with Gasteiger partial charge in [-0.3, -0.25) is 14.4 Å². The standard InChI is InChI=1S/C39H63NO5/c1-3-5-7-9-10-11-12-13-14-15-16-17-18-19-20-21-22-24-30-34-39(44)45-36(31-27-23-8-6-4-2)32-28-25-26-29-33-37(41)40-35-38(42)43/h5,7,10-11,13-14,16-17,19-20,22,24,36H,3-4,6,8-9,12,15,18,21,23,25-35H2,1-2H3,(H,40,41)(H,42,43)/b7-5-,11-10-,14-13-,17-16-,20-19-,24-22-. The summed E-state index contributed by atoms with van der Waals surface area (Å²) in [5.41, 5.74) is 0. The number of carbonyl (C=O) groups is 3. The Balaban J connectivity index is 4.14. The number of hydrogen-bond acceptors (Lipinski definition) is 4. The highest BCUT2D eigenvalue weighted by atomic mass is 16.5. The summed E-state index contributed by atoms with van der Waals surface area (Å²) < 4.78 is 5.87. The zero-order chi connectivity index (χ0) is 33.1. The molecule has 1 amide bonds. The smallest absolute Gasteiger partial charge is 0.322 e. The monoisotopic (exact) mass is 625 g/mol. The van der Waals surface area contributed by atoms with Crippen LogP contribution in [-0.2, 0) is 19.1 Å². The predicted octanol–water partition coefficient (Wildman–Crippen LogP) is 10.3. The lowest BCUT2D eigenvalue weighted by Gasteiger charge is -2.18. The van der Waals surface area contributed by atoms with Gasteiger partial charge in [0.2, 0.25) is 5.91 Å². The second-order valence-electron chi connectivity index (χ2n) is 11.4. The molecule has 1 unspecified atom stereocenters. The maximum absolute atomic E-state index is 12.5. The number of nitrogens with one attached hydrogen (secondary N) is 1. The van der Waals surface area contributed by atoms with Crippen molar-refractivity contribution in [3.05, 3.63) is 72.9 Å². The maximum atomic E-state index is 12.5. The van der Waals surface area contributed by atoms with Crippen molar-refractivity contribution >= 4 is 17.8 Å². The first-order valence-corrected chi connectivity index (χ1v) is 17.6. The number of carbonyl (C=O) groups excluding carboxylic acids is 2. The van der Waals surface area contributed by atoms with Crippen molar-refractivity contribution in [2.75, 3.05) is 6.54 Å². The summed E-state index contributed by atoms with van der Waals surface area (Å²) in [5.74, 6) is -1.37. The number of rotatable bonds is 30. The van der Waals surface area contributed by atoms with Gasteiger partial charge in [0.05, 0.1) is 0 Å². The molecule has 0 aliphatic heterocycles. The Kier molecular flexibility index (Phi) is 31.4. The molecule has 254 valence electrons. The number of amides is 1. The number of carboxylic acid groups (broad SMARTS) is 1. The Bertz CT molecular complexity index is 912. The first kappa shape index (κ1) is 41.9. The zero-order valence-corrected chi connectivity index (χ0v) is 28.4. The van der Waals surface area contributed by atoms with Gasteiger partial charge in [-0.2, -0.15) is 0 Å². The molecule has 0 spiro atoms. The minimum Gasteiger partial charge on any atom is -0.480 e. The van der Waals surface area contributed by atoms with Gasteiger partial charge in [0.25, 0.3) is 0 Å². The van der Waals surface area contributed by atoms with Crippen LogP contribution in [0.3, 0.4) is 0 Å². The quantitative estimate of drug-likeness (QED) is 0.0471. The minimum absolute atomic E-state index is 0.0386. The number of unbranched alkanes of at least 4 members (excludes halogenated alkanes) is 7. The van der Waals surface area contributed by atoms with Gasteiger partial charge in [-0.05, 0) is 77.0 Å². The molecule has 0 bridgehead atoms. The summed E-state index contributed by atoms with van der Waals surface area (Å²) >= 11 is 0. The van der Waals surface area contributed by atoms with Gasteiger partial charge in [-0.15, -0.1) is 0 Å². The second-order valence-corrected chi connectivity index (χ2v) is 11.4. The molecule has 0 heterocycles. The van der Waals surface area contributed by atoms with E-state index in [1.54, 1.807) is 0 Å². The summed E-state index contributed by atoms with van der Waals surface area (Å²) in [5, 5.41) is 11.0. The minimum atomic E-state index is -1.03. The number of aliphatic carboxylic acids is 1. The van der Waals surface area contributed by atoms with E-state index in [2.05, 4.69) is 92.1 Å². The first-order valence-electron chi connectivity index (χ1n) is 17.6. The van der Waals surface area contributed by atoms with Crippen molar-refractivity contribution in [2.24, 2.45) is 0 Å². The fourth-order valence-electron chi connectivity index (χ4n) is 4.60. The lowest BCUT2D eigenvalue weighted by molar-refractivity contribution is -0.149. The number of hydrogen-bond donors (Lipinski definition) is 2. The highest BCUT2D eigenvalue weighted by Gasteiger charge is 2.14. The van der Waals surface area contributed by atoms with Crippen LogP contribution < -0.4 is 5.32 Å². The molecule has 0 aromatic carbocycles. The zero-order valence-electron chi connectivity index (χ0n) is 28.4. The molecular formula is C39H63NO5. The molecule has 0 fully saturated rings. The highest BCUT2D eigenvalue weighted by molar-refractivity contribution is 5.80. The average molecular weight is 626 g/mol. The summed E-state index contributed by atoms with van der Waals surface area (Å²) in [6.45, 7) is 4.03. The van der Waals surface area contributed by atoms with E-state index in [-0.39, 0.29) is 24.5 Å². The molecule has 2 N–H and O–H groups in total. The molecule has 6 nitrogen and oxygen atoms in total. The summed E-state index contributed by atoms with van der Waals surface area (Å²) in [7, 11) is 0. The van der Waals surface area contributed by atoms with Crippen LogP contribution in [0.25, 0.3) is 0 Å². The topological polar surface area (TPSA) is 92.7 Å². The molecule has 0 aliphatic carbocycles. The van der Waals surface area contributed by atoms with Gasteiger partial charge < -0.3 is 15.2 Å². The summed E-state index contributed by atoms with van der Waals surface area (Å²) in [6.07, 6.45) is 44.6. The second kappa shape index (κ2) is 33.7. The Morgan fingerprint density at radius 2 is 1.07 bits per heavy atom. The third-order valence-electron chi connectivity index (χ3n) is 7.16. The van der Waals surface area contributed by atoms with Gasteiger partial charge >= 0.3 is 11.9 Å². The summed E-state index contributed by atoms with van der Waals surface area (Å²) in [4.78, 5) is 34.7. The molecule has 0 rings (SSSR count). The molecule has 0 saturated carbocycles. The third kappa shape index (κ3) is 33.6. The fraction of sp³-hybridized carbons (Fsp3) is 0.615. The van der Waals surface area contributed by atoms with E-state index >= 15 is 0 Å². The van der Waals surface area contributed by atoms with Crippen LogP contribution in [0.1, 0.15) is 142 Å². The van der Waals surface area contributed by atoms with Crippen LogP contribution in [0.2, 0.25) is 0 Å². The van der Waals surface area contributed by atoms with Crippen LogP contribution in [0.4, 0.5) is 0 Å². The maximum Gasteiger partial charge on any atom is 0.322 e. The molecule has 1 atom stereocenters. The SMILES string of the molecule is CC/C=C\C/C=C\C/C=C\C/C=C\C/C=C\C/C=C\CCC(=O)OC(CCCCCCC)CCCCCCC(=O)NCC(=O)O. The van der Waals surface area contributed by atoms with Crippen LogP contribution >= 0.6 is 0 Å². The van der Waals surface area contributed by atoms with Crippen molar-refractivity contribution < 1.29 is 24.2 Å². The van der Waals surface area contributed by atoms with Gasteiger partial charge in [0.1, 0.15) is 12.6 Å². The van der Waals surface area contributed by atoms with Crippen molar-refractivity contribution in [3.63, 3.8) is 0 Å². The number of ether oxygens (including phenoxy) is 1. The predicted molar refractivity (Wildman–Crippen MR) is 189 cm³/mol. The van der Waals surface area contributed by atoms with E-state index in [9.17, 15) is 14.4 Å². The van der Waals surface area contributed by atoms with Crippen LogP contribution in [0.5, 0.6) is 0 Å². The Labute approximate surface area is 274 Å². The van der Waals surface area contributed by atoms with Crippen molar-refractivity contribution in [3.8, 4) is 0 Å². The normalized spacial score (nSPS) is 12.9. The van der Waals surface area contributed by atoms with E-state index < -0.39 is 5.97 Å². The number of esters is 1. The van der Waals surface area contributed by atoms with Crippen LogP contribution in [0.15, 0.2) is 72.9 Å². The third-order valence-corrected chi connectivity index (χ3v) is 7.16. The van der Waals surface area contributed by atoms with Crippen LogP contribution in [0, 0.1) is 0 Å². The highest BCUT2D eigenvalue weighted by Crippen LogP contribution is 2.17. The molecule has 0 radical (unpaired) electrons. The number of carboxylic acids is 1. The Morgan fingerprint density at radius 1 is 0.600 bits per heavy atom.